The summed E-state index contributed by atoms with van der Waals surface area (Å²) in [6, 6.07) is 9.68. The third-order valence-electron chi connectivity index (χ3n) is 3.55. The molecule has 0 saturated heterocycles. The maximum absolute atomic E-state index is 5.78. The van der Waals surface area contributed by atoms with E-state index in [2.05, 4.69) is 17.1 Å². The second kappa shape index (κ2) is 6.52. The van der Waals surface area contributed by atoms with Gasteiger partial charge in [0.15, 0.2) is 5.82 Å². The molecule has 1 aromatic heterocycles. The number of aromatic nitrogens is 2. The van der Waals surface area contributed by atoms with Gasteiger partial charge in [0, 0.05) is 13.0 Å². The number of rotatable bonds is 7. The van der Waals surface area contributed by atoms with Crippen molar-refractivity contribution in [2.24, 2.45) is 5.73 Å². The van der Waals surface area contributed by atoms with Crippen molar-refractivity contribution in [2.75, 3.05) is 13.2 Å². The molecule has 1 aromatic carbocycles. The summed E-state index contributed by atoms with van der Waals surface area (Å²) in [5.41, 5.74) is 5.54. The van der Waals surface area contributed by atoms with E-state index < -0.39 is 0 Å². The number of nitrogens with zero attached hydrogens (tertiary/aromatic N) is 2. The van der Waals surface area contributed by atoms with Crippen molar-refractivity contribution in [3.63, 3.8) is 0 Å². The van der Waals surface area contributed by atoms with Gasteiger partial charge in [-0.1, -0.05) is 30.3 Å². The second-order valence-electron chi connectivity index (χ2n) is 5.05. The Morgan fingerprint density at radius 2 is 2.05 bits per heavy atom. The first-order valence-corrected chi connectivity index (χ1v) is 6.89. The third-order valence-corrected chi connectivity index (χ3v) is 3.55. The SMILES string of the molecule is CCC(C)(CN)c1nc(CCOc2ccccc2)no1. The fourth-order valence-electron chi connectivity index (χ4n) is 1.76. The summed E-state index contributed by atoms with van der Waals surface area (Å²) >= 11 is 0. The molecule has 20 heavy (non-hydrogen) atoms. The molecule has 0 aliphatic rings. The van der Waals surface area contributed by atoms with Crippen molar-refractivity contribution in [3.05, 3.63) is 42.0 Å². The molecule has 2 N–H and O–H groups in total. The highest BCUT2D eigenvalue weighted by Crippen LogP contribution is 2.24. The average molecular weight is 275 g/mol. The molecule has 108 valence electrons. The van der Waals surface area contributed by atoms with Crippen LogP contribution in [0.25, 0.3) is 0 Å². The molecular formula is C15H21N3O2. The number of hydrogen-bond acceptors (Lipinski definition) is 5. The van der Waals surface area contributed by atoms with E-state index in [4.69, 9.17) is 15.0 Å². The molecule has 2 rings (SSSR count). The molecule has 0 saturated carbocycles. The molecule has 0 spiro atoms. The highest BCUT2D eigenvalue weighted by atomic mass is 16.5. The smallest absolute Gasteiger partial charge is 0.233 e. The first-order valence-electron chi connectivity index (χ1n) is 6.89. The van der Waals surface area contributed by atoms with Crippen molar-refractivity contribution in [3.8, 4) is 5.75 Å². The van der Waals surface area contributed by atoms with Gasteiger partial charge in [-0.2, -0.15) is 4.98 Å². The van der Waals surface area contributed by atoms with Gasteiger partial charge in [0.1, 0.15) is 5.75 Å². The molecule has 0 amide bonds. The molecule has 2 aromatic rings. The van der Waals surface area contributed by atoms with Crippen molar-refractivity contribution in [2.45, 2.75) is 32.1 Å². The second-order valence-corrected chi connectivity index (χ2v) is 5.05. The number of ether oxygens (including phenoxy) is 1. The molecule has 1 heterocycles. The van der Waals surface area contributed by atoms with Gasteiger partial charge in [-0.25, -0.2) is 0 Å². The van der Waals surface area contributed by atoms with Crippen LogP contribution in [0.5, 0.6) is 5.75 Å². The molecule has 0 bridgehead atoms. The number of para-hydroxylation sites is 1. The molecule has 0 fully saturated rings. The van der Waals surface area contributed by atoms with E-state index in [0.29, 0.717) is 31.3 Å². The van der Waals surface area contributed by atoms with E-state index in [0.717, 1.165) is 12.2 Å². The zero-order valence-corrected chi connectivity index (χ0v) is 12.0. The van der Waals surface area contributed by atoms with Crippen LogP contribution in [0.15, 0.2) is 34.9 Å². The first kappa shape index (κ1) is 14.5. The Balaban J connectivity index is 1.90. The summed E-state index contributed by atoms with van der Waals surface area (Å²) in [5.74, 6) is 2.11. The van der Waals surface area contributed by atoms with Crippen LogP contribution in [0.4, 0.5) is 0 Å². The van der Waals surface area contributed by atoms with Crippen molar-refractivity contribution >= 4 is 0 Å². The van der Waals surface area contributed by atoms with Crippen LogP contribution in [0.2, 0.25) is 0 Å². The summed E-state index contributed by atoms with van der Waals surface area (Å²) in [6.45, 7) is 5.11. The summed E-state index contributed by atoms with van der Waals surface area (Å²) < 4.78 is 10.9. The highest BCUT2D eigenvalue weighted by molar-refractivity contribution is 5.20. The van der Waals surface area contributed by atoms with Gasteiger partial charge in [0.2, 0.25) is 5.89 Å². The van der Waals surface area contributed by atoms with Gasteiger partial charge in [0.05, 0.1) is 12.0 Å². The topological polar surface area (TPSA) is 74.2 Å². The van der Waals surface area contributed by atoms with Gasteiger partial charge in [0.25, 0.3) is 0 Å². The van der Waals surface area contributed by atoms with E-state index in [1.807, 2.05) is 37.3 Å². The molecule has 0 radical (unpaired) electrons. The maximum atomic E-state index is 5.78. The van der Waals surface area contributed by atoms with Crippen LogP contribution in [-0.4, -0.2) is 23.3 Å². The predicted molar refractivity (Wildman–Crippen MR) is 76.6 cm³/mol. The number of nitrogens with two attached hydrogens (primary N) is 1. The van der Waals surface area contributed by atoms with E-state index in [9.17, 15) is 0 Å². The van der Waals surface area contributed by atoms with Gasteiger partial charge >= 0.3 is 0 Å². The molecule has 1 atom stereocenters. The fourth-order valence-corrected chi connectivity index (χ4v) is 1.76. The van der Waals surface area contributed by atoms with Crippen molar-refractivity contribution < 1.29 is 9.26 Å². The standard InChI is InChI=1S/C15H21N3O2/c1-3-15(2,11-16)14-17-13(18-20-14)9-10-19-12-7-5-4-6-8-12/h4-8H,3,9-11,16H2,1-2H3. The molecular weight excluding hydrogens is 254 g/mol. The zero-order valence-electron chi connectivity index (χ0n) is 12.0. The minimum Gasteiger partial charge on any atom is -0.493 e. The Hall–Kier alpha value is -1.88. The summed E-state index contributed by atoms with van der Waals surface area (Å²) in [7, 11) is 0. The minimum atomic E-state index is -0.245. The fraction of sp³-hybridized carbons (Fsp3) is 0.467. The Kier molecular flexibility index (Phi) is 4.74. The Morgan fingerprint density at radius 1 is 1.30 bits per heavy atom. The van der Waals surface area contributed by atoms with Crippen LogP contribution < -0.4 is 10.5 Å². The van der Waals surface area contributed by atoms with E-state index in [1.165, 1.54) is 0 Å². The third kappa shape index (κ3) is 3.36. The maximum Gasteiger partial charge on any atom is 0.233 e. The molecule has 5 heteroatoms. The predicted octanol–water partition coefficient (Wildman–Crippen LogP) is 2.32. The van der Waals surface area contributed by atoms with Crippen LogP contribution in [0.1, 0.15) is 32.0 Å². The van der Waals surface area contributed by atoms with Gasteiger partial charge < -0.3 is 15.0 Å². The quantitative estimate of drug-likeness (QED) is 0.839. The Morgan fingerprint density at radius 3 is 2.70 bits per heavy atom. The van der Waals surface area contributed by atoms with Crippen molar-refractivity contribution in [1.82, 2.24) is 10.1 Å². The Bertz CT molecular complexity index is 521. The van der Waals surface area contributed by atoms with Crippen LogP contribution >= 0.6 is 0 Å². The average Bonchev–Trinajstić information content (AvgIpc) is 2.97. The summed E-state index contributed by atoms with van der Waals surface area (Å²) in [4.78, 5) is 4.42. The zero-order chi connectivity index (χ0) is 14.4. The lowest BCUT2D eigenvalue weighted by molar-refractivity contribution is 0.286. The van der Waals surface area contributed by atoms with Crippen LogP contribution in [-0.2, 0) is 11.8 Å². The lowest BCUT2D eigenvalue weighted by atomic mass is 9.88. The van der Waals surface area contributed by atoms with Crippen molar-refractivity contribution in [1.29, 1.82) is 0 Å². The first-order chi connectivity index (χ1) is 9.68. The lowest BCUT2D eigenvalue weighted by Gasteiger charge is -2.20. The molecule has 0 aliphatic carbocycles. The van der Waals surface area contributed by atoms with Gasteiger partial charge in [-0.15, -0.1) is 0 Å². The van der Waals surface area contributed by atoms with E-state index in [1.54, 1.807) is 0 Å². The Labute approximate surface area is 119 Å². The van der Waals surface area contributed by atoms with E-state index >= 15 is 0 Å². The summed E-state index contributed by atoms with van der Waals surface area (Å²) in [5, 5.41) is 3.99. The lowest BCUT2D eigenvalue weighted by Crippen LogP contribution is -2.31. The number of hydrogen-bond donors (Lipinski definition) is 1. The van der Waals surface area contributed by atoms with Crippen LogP contribution in [0, 0.1) is 0 Å². The van der Waals surface area contributed by atoms with Gasteiger partial charge in [-0.05, 0) is 25.5 Å². The highest BCUT2D eigenvalue weighted by Gasteiger charge is 2.29. The summed E-state index contributed by atoms with van der Waals surface area (Å²) in [6.07, 6.45) is 1.48. The van der Waals surface area contributed by atoms with Crippen LogP contribution in [0.3, 0.4) is 0 Å². The van der Waals surface area contributed by atoms with Gasteiger partial charge in [-0.3, -0.25) is 0 Å². The molecule has 5 nitrogen and oxygen atoms in total. The largest absolute Gasteiger partial charge is 0.493 e. The molecule has 0 aliphatic heterocycles. The minimum absolute atomic E-state index is 0.245. The molecule has 1 unspecified atom stereocenters. The normalized spacial score (nSPS) is 13.9. The number of benzene rings is 1. The monoisotopic (exact) mass is 275 g/mol. The van der Waals surface area contributed by atoms with E-state index in [-0.39, 0.29) is 5.41 Å².